The van der Waals surface area contributed by atoms with Gasteiger partial charge in [-0.05, 0) is 92.7 Å². The molecule has 0 unspecified atom stereocenters. The van der Waals surface area contributed by atoms with Gasteiger partial charge in [-0.3, -0.25) is 0 Å². The van der Waals surface area contributed by atoms with Gasteiger partial charge in [0.15, 0.2) is 11.6 Å². The topological polar surface area (TPSA) is 55.9 Å². The first-order valence-electron chi connectivity index (χ1n) is 15.4. The summed E-state index contributed by atoms with van der Waals surface area (Å²) in [6.07, 6.45) is 2.67. The maximum atomic E-state index is 14.4. The minimum Gasteiger partial charge on any atom is -0.338 e. The number of carbonyl (C=O) groups excluding carboxylic acids is 2. The highest BCUT2D eigenvalue weighted by atomic mass is 19.2. The molecule has 6 nitrogen and oxygen atoms in total. The SMILES string of the molecule is C[C@H](c1ccccc1)N1CC(C)(C)[C@H](c2ccc(F)c(F)c2)N(C(=O)NCCCN2CCC(c3ccc(F)cc3)CC2)C1=O. The van der Waals surface area contributed by atoms with Crippen molar-refractivity contribution in [3.8, 4) is 0 Å². The molecule has 3 aromatic rings. The van der Waals surface area contributed by atoms with Crippen LogP contribution in [-0.4, -0.2) is 59.5 Å². The molecule has 5 rings (SSSR count). The van der Waals surface area contributed by atoms with Crippen LogP contribution in [0.1, 0.15) is 74.7 Å². The van der Waals surface area contributed by atoms with E-state index in [1.54, 1.807) is 4.90 Å². The molecule has 0 aromatic heterocycles. The Labute approximate surface area is 257 Å². The quantitative estimate of drug-likeness (QED) is 0.268. The third-order valence-electron chi connectivity index (χ3n) is 9.11. The fraction of sp³-hybridized carbons (Fsp3) is 0.429. The molecule has 44 heavy (non-hydrogen) atoms. The smallest absolute Gasteiger partial charge is 0.329 e. The molecular formula is C35H41F3N4O2. The Kier molecular flexibility index (Phi) is 9.63. The third kappa shape index (κ3) is 6.93. The first-order valence-corrected chi connectivity index (χ1v) is 15.4. The standard InChI is InChI=1S/C35H41F3N4O2/c1-24(25-8-5-4-6-9-25)41-23-35(2,3)32(28-12-15-30(37)31(38)22-28)42(34(41)44)33(43)39-18-7-19-40-20-16-27(17-21-40)26-10-13-29(36)14-11-26/h4-6,8-15,22,24,27,32H,7,16-21,23H2,1-3H3,(H,39,43)/t24-,32+/m1/s1. The number of likely N-dealkylation sites (tertiary alicyclic amines) is 1. The van der Waals surface area contributed by atoms with Crippen LogP contribution in [0.2, 0.25) is 0 Å². The molecule has 2 aliphatic rings. The number of nitrogens with zero attached hydrogens (tertiary/aromatic N) is 3. The summed E-state index contributed by atoms with van der Waals surface area (Å²) in [5, 5.41) is 2.93. The van der Waals surface area contributed by atoms with Crippen molar-refractivity contribution in [2.45, 2.75) is 58.0 Å². The van der Waals surface area contributed by atoms with Crippen LogP contribution >= 0.6 is 0 Å². The highest BCUT2D eigenvalue weighted by Gasteiger charge is 2.50. The number of amides is 4. The van der Waals surface area contributed by atoms with Crippen molar-refractivity contribution in [2.24, 2.45) is 5.41 Å². The molecule has 9 heteroatoms. The van der Waals surface area contributed by atoms with Crippen LogP contribution in [0.5, 0.6) is 0 Å². The maximum absolute atomic E-state index is 14.4. The Bertz CT molecular complexity index is 1440. The van der Waals surface area contributed by atoms with Crippen LogP contribution in [0.25, 0.3) is 0 Å². The average molecular weight is 607 g/mol. The summed E-state index contributed by atoms with van der Waals surface area (Å²) in [5.41, 5.74) is 1.80. The second-order valence-corrected chi connectivity index (χ2v) is 12.7. The van der Waals surface area contributed by atoms with Gasteiger partial charge in [0.2, 0.25) is 0 Å². The number of hydrogen-bond acceptors (Lipinski definition) is 3. The van der Waals surface area contributed by atoms with Gasteiger partial charge in [-0.2, -0.15) is 0 Å². The zero-order chi connectivity index (χ0) is 31.4. The molecule has 4 amide bonds. The average Bonchev–Trinajstić information content (AvgIpc) is 3.02. The van der Waals surface area contributed by atoms with E-state index in [9.17, 15) is 22.8 Å². The van der Waals surface area contributed by atoms with Crippen LogP contribution < -0.4 is 5.32 Å². The minimum absolute atomic E-state index is 0.224. The molecule has 0 spiro atoms. The fourth-order valence-corrected chi connectivity index (χ4v) is 6.70. The highest BCUT2D eigenvalue weighted by molar-refractivity contribution is 5.95. The van der Waals surface area contributed by atoms with Gasteiger partial charge in [0, 0.05) is 18.5 Å². The van der Waals surface area contributed by atoms with Crippen molar-refractivity contribution >= 4 is 12.1 Å². The van der Waals surface area contributed by atoms with Crippen molar-refractivity contribution in [3.05, 3.63) is 107 Å². The number of urea groups is 2. The van der Waals surface area contributed by atoms with E-state index in [2.05, 4.69) is 10.2 Å². The summed E-state index contributed by atoms with van der Waals surface area (Å²) in [4.78, 5) is 33.0. The molecule has 0 radical (unpaired) electrons. The van der Waals surface area contributed by atoms with Gasteiger partial charge in [0.1, 0.15) is 5.82 Å². The number of imide groups is 1. The summed E-state index contributed by atoms with van der Waals surface area (Å²) < 4.78 is 41.6. The summed E-state index contributed by atoms with van der Waals surface area (Å²) >= 11 is 0. The Morgan fingerprint density at radius 2 is 1.59 bits per heavy atom. The molecular weight excluding hydrogens is 565 g/mol. The monoisotopic (exact) mass is 606 g/mol. The van der Waals surface area contributed by atoms with Gasteiger partial charge in [0.25, 0.3) is 0 Å². The predicted molar refractivity (Wildman–Crippen MR) is 165 cm³/mol. The van der Waals surface area contributed by atoms with E-state index in [0.29, 0.717) is 31.0 Å². The van der Waals surface area contributed by atoms with Gasteiger partial charge in [-0.1, -0.05) is 62.4 Å². The molecule has 2 fully saturated rings. The highest BCUT2D eigenvalue weighted by Crippen LogP contribution is 2.45. The fourth-order valence-electron chi connectivity index (χ4n) is 6.70. The van der Waals surface area contributed by atoms with E-state index in [-0.39, 0.29) is 11.9 Å². The van der Waals surface area contributed by atoms with E-state index in [0.717, 1.165) is 50.2 Å². The van der Waals surface area contributed by atoms with Crippen LogP contribution in [-0.2, 0) is 0 Å². The Morgan fingerprint density at radius 1 is 0.932 bits per heavy atom. The molecule has 2 aliphatic heterocycles. The molecule has 234 valence electrons. The number of nitrogens with one attached hydrogen (secondary N) is 1. The summed E-state index contributed by atoms with van der Waals surface area (Å²) in [7, 11) is 0. The molecule has 1 N–H and O–H groups in total. The van der Waals surface area contributed by atoms with Crippen LogP contribution in [0.3, 0.4) is 0 Å². The van der Waals surface area contributed by atoms with E-state index >= 15 is 0 Å². The molecule has 2 heterocycles. The number of hydrogen-bond donors (Lipinski definition) is 1. The third-order valence-corrected chi connectivity index (χ3v) is 9.11. The van der Waals surface area contributed by atoms with E-state index < -0.39 is 35.2 Å². The van der Waals surface area contributed by atoms with Crippen molar-refractivity contribution < 1.29 is 22.8 Å². The number of benzene rings is 3. The van der Waals surface area contributed by atoms with Gasteiger partial charge in [-0.25, -0.2) is 27.7 Å². The van der Waals surface area contributed by atoms with E-state index in [1.807, 2.05) is 63.2 Å². The lowest BCUT2D eigenvalue weighted by molar-refractivity contribution is 0.0233. The number of carbonyl (C=O) groups is 2. The lowest BCUT2D eigenvalue weighted by Crippen LogP contribution is -2.62. The molecule has 2 saturated heterocycles. The van der Waals surface area contributed by atoms with Crippen LogP contribution in [0.4, 0.5) is 22.8 Å². The van der Waals surface area contributed by atoms with Gasteiger partial charge in [-0.15, -0.1) is 0 Å². The second-order valence-electron chi connectivity index (χ2n) is 12.7. The molecule has 0 aliphatic carbocycles. The van der Waals surface area contributed by atoms with Crippen LogP contribution in [0, 0.1) is 22.9 Å². The largest absolute Gasteiger partial charge is 0.338 e. The van der Waals surface area contributed by atoms with Gasteiger partial charge < -0.3 is 15.1 Å². The molecule has 0 saturated carbocycles. The van der Waals surface area contributed by atoms with Gasteiger partial charge in [0.05, 0.1) is 12.1 Å². The summed E-state index contributed by atoms with van der Waals surface area (Å²) in [6.45, 7) is 9.11. The van der Waals surface area contributed by atoms with E-state index in [1.165, 1.54) is 28.7 Å². The Hall–Kier alpha value is -3.85. The number of halogens is 3. The summed E-state index contributed by atoms with van der Waals surface area (Å²) in [5.74, 6) is -1.81. The maximum Gasteiger partial charge on any atom is 0.329 e. The van der Waals surface area contributed by atoms with Crippen molar-refractivity contribution in [3.63, 3.8) is 0 Å². The number of piperidine rings is 1. The normalized spacial score (nSPS) is 20.0. The molecule has 0 bridgehead atoms. The van der Waals surface area contributed by atoms with Crippen molar-refractivity contribution in [2.75, 3.05) is 32.7 Å². The Balaban J connectivity index is 1.25. The molecule has 2 atom stereocenters. The zero-order valence-electron chi connectivity index (χ0n) is 25.6. The van der Waals surface area contributed by atoms with Crippen molar-refractivity contribution in [1.82, 2.24) is 20.0 Å². The first-order chi connectivity index (χ1) is 21.0. The van der Waals surface area contributed by atoms with E-state index in [4.69, 9.17) is 0 Å². The lowest BCUT2D eigenvalue weighted by Gasteiger charge is -2.51. The lowest BCUT2D eigenvalue weighted by atomic mass is 9.77. The first kappa shape index (κ1) is 31.6. The predicted octanol–water partition coefficient (Wildman–Crippen LogP) is 7.65. The van der Waals surface area contributed by atoms with Crippen LogP contribution in [0.15, 0.2) is 72.8 Å². The second kappa shape index (κ2) is 13.4. The van der Waals surface area contributed by atoms with Crippen molar-refractivity contribution in [1.29, 1.82) is 0 Å². The number of rotatable bonds is 8. The Morgan fingerprint density at radius 3 is 2.25 bits per heavy atom. The minimum atomic E-state index is -1.02. The zero-order valence-corrected chi connectivity index (χ0v) is 25.6. The van der Waals surface area contributed by atoms with Gasteiger partial charge >= 0.3 is 12.1 Å². The summed E-state index contributed by atoms with van der Waals surface area (Å²) in [6, 6.07) is 17.8. The molecule has 3 aromatic carbocycles.